The number of fused-ring (bicyclic) bond motifs is 1. The Morgan fingerprint density at radius 2 is 1.88 bits per heavy atom. The standard InChI is InChI=1S/C22H34N2O2/c1-3-21(25)24-14-12-22(13-15-24)11-7-6-9-19-8-4-5-10-20(19)26-17-16-23(2)18-22/h4-5,8,10H,3,6-7,9,11-18H2,1-2H3. The van der Waals surface area contributed by atoms with Gasteiger partial charge in [-0.2, -0.15) is 0 Å². The van der Waals surface area contributed by atoms with E-state index in [4.69, 9.17) is 4.74 Å². The van der Waals surface area contributed by atoms with Gasteiger partial charge in [-0.25, -0.2) is 0 Å². The van der Waals surface area contributed by atoms with Crippen LogP contribution in [-0.2, 0) is 11.2 Å². The van der Waals surface area contributed by atoms with Crippen LogP contribution in [0.4, 0.5) is 0 Å². The van der Waals surface area contributed by atoms with E-state index >= 15 is 0 Å². The van der Waals surface area contributed by atoms with Crippen molar-refractivity contribution in [1.29, 1.82) is 0 Å². The Labute approximate surface area is 158 Å². The molecule has 1 fully saturated rings. The number of para-hydroxylation sites is 1. The zero-order valence-electron chi connectivity index (χ0n) is 16.5. The zero-order valence-corrected chi connectivity index (χ0v) is 16.5. The van der Waals surface area contributed by atoms with Gasteiger partial charge in [0.15, 0.2) is 0 Å². The van der Waals surface area contributed by atoms with Crippen LogP contribution in [0, 0.1) is 5.41 Å². The zero-order chi connectivity index (χ0) is 18.4. The highest BCUT2D eigenvalue weighted by Crippen LogP contribution is 2.38. The summed E-state index contributed by atoms with van der Waals surface area (Å²) in [7, 11) is 2.21. The van der Waals surface area contributed by atoms with Gasteiger partial charge in [0.25, 0.3) is 0 Å². The first-order valence-corrected chi connectivity index (χ1v) is 10.3. The second-order valence-corrected chi connectivity index (χ2v) is 8.14. The van der Waals surface area contributed by atoms with Crippen LogP contribution < -0.4 is 4.74 Å². The lowest BCUT2D eigenvalue weighted by molar-refractivity contribution is -0.133. The average molecular weight is 359 g/mol. The van der Waals surface area contributed by atoms with Gasteiger partial charge in [0, 0.05) is 32.6 Å². The summed E-state index contributed by atoms with van der Waals surface area (Å²) in [6, 6.07) is 8.48. The minimum absolute atomic E-state index is 0.311. The molecular formula is C22H34N2O2. The van der Waals surface area contributed by atoms with E-state index in [2.05, 4.69) is 41.1 Å². The number of amides is 1. The molecular weight excluding hydrogens is 324 g/mol. The van der Waals surface area contributed by atoms with Crippen LogP contribution in [0.1, 0.15) is 51.0 Å². The van der Waals surface area contributed by atoms with E-state index in [1.807, 2.05) is 6.92 Å². The molecule has 3 rings (SSSR count). The number of nitrogens with zero attached hydrogens (tertiary/aromatic N) is 2. The van der Waals surface area contributed by atoms with Crippen molar-refractivity contribution < 1.29 is 9.53 Å². The van der Waals surface area contributed by atoms with Gasteiger partial charge in [0.2, 0.25) is 5.91 Å². The highest BCUT2D eigenvalue weighted by atomic mass is 16.5. The van der Waals surface area contributed by atoms with E-state index in [0.717, 1.165) is 57.8 Å². The summed E-state index contributed by atoms with van der Waals surface area (Å²) in [4.78, 5) is 16.5. The molecule has 0 N–H and O–H groups in total. The summed E-state index contributed by atoms with van der Waals surface area (Å²) in [5.41, 5.74) is 1.70. The number of rotatable bonds is 1. The van der Waals surface area contributed by atoms with Gasteiger partial charge in [0.05, 0.1) is 0 Å². The molecule has 1 spiro atoms. The molecule has 1 amide bonds. The van der Waals surface area contributed by atoms with Gasteiger partial charge >= 0.3 is 0 Å². The first-order chi connectivity index (χ1) is 12.6. The topological polar surface area (TPSA) is 32.8 Å². The van der Waals surface area contributed by atoms with Crippen molar-refractivity contribution in [2.75, 3.05) is 39.8 Å². The molecule has 0 atom stereocenters. The second-order valence-electron chi connectivity index (χ2n) is 8.14. The second kappa shape index (κ2) is 8.90. The minimum atomic E-state index is 0.311. The Kier molecular flexibility index (Phi) is 6.58. The number of carbonyl (C=O) groups excluding carboxylic acids is 1. The van der Waals surface area contributed by atoms with E-state index in [-0.39, 0.29) is 0 Å². The van der Waals surface area contributed by atoms with Crippen LogP contribution in [0.25, 0.3) is 0 Å². The molecule has 0 aliphatic carbocycles. The van der Waals surface area contributed by atoms with E-state index in [1.165, 1.54) is 24.8 Å². The maximum atomic E-state index is 12.0. The lowest BCUT2D eigenvalue weighted by atomic mass is 9.73. The van der Waals surface area contributed by atoms with Crippen LogP contribution in [0.5, 0.6) is 5.75 Å². The number of aryl methyl sites for hydroxylation is 1. The molecule has 2 heterocycles. The fourth-order valence-electron chi connectivity index (χ4n) is 4.57. The van der Waals surface area contributed by atoms with E-state index in [0.29, 0.717) is 17.7 Å². The third-order valence-electron chi connectivity index (χ3n) is 6.19. The van der Waals surface area contributed by atoms with Gasteiger partial charge in [-0.1, -0.05) is 31.5 Å². The highest BCUT2D eigenvalue weighted by Gasteiger charge is 2.36. The van der Waals surface area contributed by atoms with E-state index in [1.54, 1.807) is 0 Å². The largest absolute Gasteiger partial charge is 0.492 e. The number of likely N-dealkylation sites (N-methyl/N-ethyl adjacent to an activating group) is 1. The smallest absolute Gasteiger partial charge is 0.222 e. The summed E-state index contributed by atoms with van der Waals surface area (Å²) in [5, 5.41) is 0. The molecule has 0 radical (unpaired) electrons. The van der Waals surface area contributed by atoms with Crippen molar-refractivity contribution in [1.82, 2.24) is 9.80 Å². The van der Waals surface area contributed by atoms with Crippen LogP contribution in [0.2, 0.25) is 0 Å². The summed E-state index contributed by atoms with van der Waals surface area (Å²) >= 11 is 0. The number of carbonyl (C=O) groups is 1. The highest BCUT2D eigenvalue weighted by molar-refractivity contribution is 5.75. The summed E-state index contributed by atoms with van der Waals surface area (Å²) in [5.74, 6) is 1.37. The number of hydrogen-bond donors (Lipinski definition) is 0. The minimum Gasteiger partial charge on any atom is -0.492 e. The Morgan fingerprint density at radius 3 is 2.65 bits per heavy atom. The van der Waals surface area contributed by atoms with Crippen molar-refractivity contribution in [3.05, 3.63) is 29.8 Å². The van der Waals surface area contributed by atoms with Crippen molar-refractivity contribution in [3.8, 4) is 5.75 Å². The summed E-state index contributed by atoms with van der Waals surface area (Å²) < 4.78 is 6.08. The fraction of sp³-hybridized carbons (Fsp3) is 0.682. The Bertz CT molecular complexity index is 594. The molecule has 0 bridgehead atoms. The van der Waals surface area contributed by atoms with Gasteiger partial charge in [-0.15, -0.1) is 0 Å². The molecule has 1 saturated heterocycles. The summed E-state index contributed by atoms with van der Waals surface area (Å²) in [6.45, 7) is 6.64. The number of hydrogen-bond acceptors (Lipinski definition) is 3. The van der Waals surface area contributed by atoms with Crippen molar-refractivity contribution in [2.45, 2.75) is 51.9 Å². The number of ether oxygens (including phenoxy) is 1. The normalized spacial score (nSPS) is 22.0. The molecule has 0 aromatic heterocycles. The first-order valence-electron chi connectivity index (χ1n) is 10.3. The van der Waals surface area contributed by atoms with Crippen LogP contribution in [0.15, 0.2) is 24.3 Å². The molecule has 1 aromatic rings. The predicted octanol–water partition coefficient (Wildman–Crippen LogP) is 3.74. The Morgan fingerprint density at radius 1 is 1.12 bits per heavy atom. The van der Waals surface area contributed by atoms with Crippen molar-refractivity contribution in [3.63, 3.8) is 0 Å². The molecule has 2 aliphatic heterocycles. The molecule has 1 aromatic carbocycles. The fourth-order valence-corrected chi connectivity index (χ4v) is 4.57. The molecule has 0 unspecified atom stereocenters. The predicted molar refractivity (Wildman–Crippen MR) is 106 cm³/mol. The van der Waals surface area contributed by atoms with Crippen molar-refractivity contribution >= 4 is 5.91 Å². The molecule has 2 aliphatic rings. The average Bonchev–Trinajstić information content (AvgIpc) is 2.65. The number of piperidine rings is 1. The first kappa shape index (κ1) is 19.2. The molecule has 26 heavy (non-hydrogen) atoms. The van der Waals surface area contributed by atoms with Gasteiger partial charge in [0.1, 0.15) is 12.4 Å². The number of benzene rings is 1. The third kappa shape index (κ3) is 4.79. The molecule has 4 heteroatoms. The SMILES string of the molecule is CCC(=O)N1CCC2(CCCCc3ccccc3OCCN(C)C2)CC1. The molecule has 144 valence electrons. The van der Waals surface area contributed by atoms with E-state index in [9.17, 15) is 4.79 Å². The van der Waals surface area contributed by atoms with Crippen molar-refractivity contribution in [2.24, 2.45) is 5.41 Å². The number of likely N-dealkylation sites (tertiary alicyclic amines) is 1. The van der Waals surface area contributed by atoms with Crippen LogP contribution >= 0.6 is 0 Å². The third-order valence-corrected chi connectivity index (χ3v) is 6.19. The lowest BCUT2D eigenvalue weighted by Crippen LogP contribution is -2.47. The molecule has 4 nitrogen and oxygen atoms in total. The molecule has 0 saturated carbocycles. The monoisotopic (exact) mass is 358 g/mol. The quantitative estimate of drug-likeness (QED) is 0.767. The summed E-state index contributed by atoms with van der Waals surface area (Å²) in [6.07, 6.45) is 7.75. The van der Waals surface area contributed by atoms with Gasteiger partial charge < -0.3 is 14.5 Å². The van der Waals surface area contributed by atoms with Crippen LogP contribution in [0.3, 0.4) is 0 Å². The Hall–Kier alpha value is -1.55. The Balaban J connectivity index is 1.65. The maximum absolute atomic E-state index is 12.0. The van der Waals surface area contributed by atoms with E-state index < -0.39 is 0 Å². The lowest BCUT2D eigenvalue weighted by Gasteiger charge is -2.44. The maximum Gasteiger partial charge on any atom is 0.222 e. The van der Waals surface area contributed by atoms with Gasteiger partial charge in [-0.05, 0) is 56.2 Å². The van der Waals surface area contributed by atoms with Gasteiger partial charge in [-0.3, -0.25) is 4.79 Å². The van der Waals surface area contributed by atoms with Crippen LogP contribution in [-0.4, -0.2) is 55.5 Å².